The highest BCUT2D eigenvalue weighted by atomic mass is 79.9. The zero-order chi connectivity index (χ0) is 13.1. The van der Waals surface area contributed by atoms with Crippen LogP contribution in [0.15, 0.2) is 41.1 Å². The van der Waals surface area contributed by atoms with Crippen molar-refractivity contribution in [1.29, 1.82) is 0 Å². The molecule has 0 aliphatic rings. The van der Waals surface area contributed by atoms with Crippen LogP contribution in [0.25, 0.3) is 0 Å². The number of nitrogens with two attached hydrogens (primary N) is 1. The number of benzene rings is 1. The molecule has 0 fully saturated rings. The molecule has 0 saturated heterocycles. The highest BCUT2D eigenvalue weighted by Gasteiger charge is 2.09. The largest absolute Gasteiger partial charge is 0.399 e. The third kappa shape index (κ3) is 3.31. The first kappa shape index (κ1) is 13.1. The molecule has 18 heavy (non-hydrogen) atoms. The Labute approximate surface area is 118 Å². The predicted molar refractivity (Wildman–Crippen MR) is 75.8 cm³/mol. The lowest BCUT2D eigenvalue weighted by Crippen LogP contribution is -2.04. The molecule has 2 rings (SSSR count). The Hall–Kier alpha value is -1.39. The van der Waals surface area contributed by atoms with Gasteiger partial charge >= 0.3 is 0 Å². The van der Waals surface area contributed by atoms with Crippen molar-refractivity contribution in [3.8, 4) is 0 Å². The lowest BCUT2D eigenvalue weighted by atomic mass is 10.0. The van der Waals surface area contributed by atoms with Crippen molar-refractivity contribution < 1.29 is 4.79 Å². The molecule has 2 aromatic rings. The normalized spacial score (nSPS) is 10.3. The van der Waals surface area contributed by atoms with Gasteiger partial charge in [0.05, 0.1) is 0 Å². The minimum Gasteiger partial charge on any atom is -0.399 e. The molecular weight excluding hydrogens is 316 g/mol. The Morgan fingerprint density at radius 3 is 2.72 bits per heavy atom. The molecule has 3 nitrogen and oxygen atoms in total. The number of hydrogen-bond acceptors (Lipinski definition) is 3. The Bertz CT molecular complexity index is 581. The van der Waals surface area contributed by atoms with Crippen molar-refractivity contribution >= 4 is 39.0 Å². The fourth-order valence-electron chi connectivity index (χ4n) is 1.61. The Balaban J connectivity index is 2.22. The molecule has 0 amide bonds. The summed E-state index contributed by atoms with van der Waals surface area (Å²) in [6, 6.07) is 6.71. The van der Waals surface area contributed by atoms with Crippen LogP contribution in [0.4, 0.5) is 5.69 Å². The highest BCUT2D eigenvalue weighted by molar-refractivity contribution is 9.10. The van der Waals surface area contributed by atoms with E-state index >= 15 is 0 Å². The van der Waals surface area contributed by atoms with Crippen LogP contribution in [0, 0.1) is 0 Å². The second-order valence-corrected chi connectivity index (χ2v) is 5.24. The van der Waals surface area contributed by atoms with Gasteiger partial charge in [-0.25, -0.2) is 0 Å². The number of nitrogen functional groups attached to an aromatic ring is 1. The van der Waals surface area contributed by atoms with E-state index in [-0.39, 0.29) is 12.2 Å². The van der Waals surface area contributed by atoms with E-state index in [4.69, 9.17) is 17.3 Å². The summed E-state index contributed by atoms with van der Waals surface area (Å²) >= 11 is 9.19. The van der Waals surface area contributed by atoms with E-state index in [2.05, 4.69) is 20.9 Å². The van der Waals surface area contributed by atoms with E-state index in [1.807, 2.05) is 6.07 Å². The minimum atomic E-state index is -0.0379. The molecule has 1 aromatic carbocycles. The number of ketones is 1. The zero-order valence-electron chi connectivity index (χ0n) is 9.36. The van der Waals surface area contributed by atoms with Crippen molar-refractivity contribution in [3.63, 3.8) is 0 Å². The van der Waals surface area contributed by atoms with Gasteiger partial charge in [0, 0.05) is 39.6 Å². The molecule has 0 saturated carbocycles. The van der Waals surface area contributed by atoms with Crippen LogP contribution in [-0.4, -0.2) is 10.8 Å². The van der Waals surface area contributed by atoms with E-state index in [0.717, 1.165) is 10.0 Å². The maximum atomic E-state index is 12.1. The van der Waals surface area contributed by atoms with Crippen molar-refractivity contribution in [2.45, 2.75) is 6.42 Å². The van der Waals surface area contributed by atoms with Gasteiger partial charge < -0.3 is 5.73 Å². The lowest BCUT2D eigenvalue weighted by molar-refractivity contribution is 0.0993. The number of Topliss-reactive ketones (excluding diaryl/α,β-unsaturated/α-hetero) is 1. The Morgan fingerprint density at radius 2 is 2.06 bits per heavy atom. The number of halogens is 2. The van der Waals surface area contributed by atoms with Gasteiger partial charge in [-0.3, -0.25) is 9.78 Å². The van der Waals surface area contributed by atoms with Crippen LogP contribution in [0.2, 0.25) is 5.02 Å². The number of carbonyl (C=O) groups excluding carboxylic acids is 1. The number of nitrogens with zero attached hydrogens (tertiary/aromatic N) is 1. The molecule has 0 bridgehead atoms. The maximum Gasteiger partial charge on any atom is 0.167 e. The quantitative estimate of drug-likeness (QED) is 0.694. The van der Waals surface area contributed by atoms with E-state index in [0.29, 0.717) is 16.3 Å². The van der Waals surface area contributed by atoms with E-state index < -0.39 is 0 Å². The smallest absolute Gasteiger partial charge is 0.167 e. The van der Waals surface area contributed by atoms with Crippen LogP contribution < -0.4 is 5.73 Å². The monoisotopic (exact) mass is 324 g/mol. The third-order valence-electron chi connectivity index (χ3n) is 2.37. The molecule has 0 atom stereocenters. The summed E-state index contributed by atoms with van der Waals surface area (Å²) < 4.78 is 0.846. The molecule has 0 unspecified atom stereocenters. The highest BCUT2D eigenvalue weighted by Crippen LogP contribution is 2.19. The summed E-state index contributed by atoms with van der Waals surface area (Å²) in [7, 11) is 0. The van der Waals surface area contributed by atoms with Crippen LogP contribution >= 0.6 is 27.5 Å². The maximum absolute atomic E-state index is 12.1. The zero-order valence-corrected chi connectivity index (χ0v) is 11.7. The molecule has 2 N–H and O–H groups in total. The topological polar surface area (TPSA) is 56.0 Å². The summed E-state index contributed by atoms with van der Waals surface area (Å²) in [6.45, 7) is 0. The fourth-order valence-corrected chi connectivity index (χ4v) is 2.27. The summed E-state index contributed by atoms with van der Waals surface area (Å²) in [5, 5.41) is 0.464. The SMILES string of the molecule is Nc1cc(Cl)cc(C(=O)Cc2cncc(Br)c2)c1. The number of hydrogen-bond donors (Lipinski definition) is 1. The van der Waals surface area contributed by atoms with E-state index in [9.17, 15) is 4.79 Å². The van der Waals surface area contributed by atoms with Crippen LogP contribution in [-0.2, 0) is 6.42 Å². The van der Waals surface area contributed by atoms with Crippen molar-refractivity contribution in [1.82, 2.24) is 4.98 Å². The molecule has 1 heterocycles. The van der Waals surface area contributed by atoms with Crippen molar-refractivity contribution in [2.75, 3.05) is 5.73 Å². The summed E-state index contributed by atoms with van der Waals surface area (Å²) in [5.41, 5.74) is 7.50. The third-order valence-corrected chi connectivity index (χ3v) is 3.02. The molecule has 5 heteroatoms. The van der Waals surface area contributed by atoms with Crippen LogP contribution in [0.3, 0.4) is 0 Å². The minimum absolute atomic E-state index is 0.0379. The molecule has 92 valence electrons. The number of carbonyl (C=O) groups is 1. The first-order valence-corrected chi connectivity index (χ1v) is 6.40. The second kappa shape index (κ2) is 5.50. The average molecular weight is 326 g/mol. The summed E-state index contributed by atoms with van der Waals surface area (Å²) in [4.78, 5) is 16.1. The van der Waals surface area contributed by atoms with Gasteiger partial charge in [-0.05, 0) is 45.8 Å². The van der Waals surface area contributed by atoms with Gasteiger partial charge in [-0.1, -0.05) is 11.6 Å². The van der Waals surface area contributed by atoms with Gasteiger partial charge in [0.25, 0.3) is 0 Å². The van der Waals surface area contributed by atoms with Gasteiger partial charge in [0.1, 0.15) is 0 Å². The number of pyridine rings is 1. The average Bonchev–Trinajstić information content (AvgIpc) is 2.27. The Morgan fingerprint density at radius 1 is 1.28 bits per heavy atom. The van der Waals surface area contributed by atoms with Crippen LogP contribution in [0.5, 0.6) is 0 Å². The van der Waals surface area contributed by atoms with Gasteiger partial charge in [-0.15, -0.1) is 0 Å². The van der Waals surface area contributed by atoms with Crippen LogP contribution in [0.1, 0.15) is 15.9 Å². The Kier molecular flexibility index (Phi) is 3.99. The van der Waals surface area contributed by atoms with E-state index in [1.54, 1.807) is 30.6 Å². The first-order valence-electron chi connectivity index (χ1n) is 5.23. The number of rotatable bonds is 3. The van der Waals surface area contributed by atoms with Gasteiger partial charge in [-0.2, -0.15) is 0 Å². The molecule has 0 spiro atoms. The summed E-state index contributed by atoms with van der Waals surface area (Å²) in [5.74, 6) is -0.0379. The van der Waals surface area contributed by atoms with Gasteiger partial charge in [0.15, 0.2) is 5.78 Å². The first-order chi connectivity index (χ1) is 8.54. The molecule has 0 aliphatic heterocycles. The van der Waals surface area contributed by atoms with Crippen molar-refractivity contribution in [3.05, 3.63) is 57.3 Å². The predicted octanol–water partition coefficient (Wildman–Crippen LogP) is 3.51. The number of aromatic nitrogens is 1. The van der Waals surface area contributed by atoms with Gasteiger partial charge in [0.2, 0.25) is 0 Å². The lowest BCUT2D eigenvalue weighted by Gasteiger charge is -2.04. The molecule has 0 radical (unpaired) electrons. The van der Waals surface area contributed by atoms with E-state index in [1.165, 1.54) is 0 Å². The van der Waals surface area contributed by atoms with Crippen molar-refractivity contribution in [2.24, 2.45) is 0 Å². The second-order valence-electron chi connectivity index (χ2n) is 3.88. The number of anilines is 1. The fraction of sp³-hybridized carbons (Fsp3) is 0.0769. The molecule has 1 aromatic heterocycles. The molecule has 0 aliphatic carbocycles. The summed E-state index contributed by atoms with van der Waals surface area (Å²) in [6.07, 6.45) is 3.61. The standard InChI is InChI=1S/C13H10BrClN2O/c14-10-1-8(6-17-7-10)2-13(18)9-3-11(15)5-12(16)4-9/h1,3-7H,2,16H2. The molecular formula is C13H10BrClN2O.